The Balaban J connectivity index is 1.16. The fourth-order valence-corrected chi connectivity index (χ4v) is 10.7. The molecule has 1 unspecified atom stereocenters. The predicted octanol–water partition coefficient (Wildman–Crippen LogP) is 12.9. The molecule has 0 radical (unpaired) electrons. The van der Waals surface area contributed by atoms with Crippen LogP contribution >= 0.6 is 0 Å². The van der Waals surface area contributed by atoms with Crippen LogP contribution in [0.4, 0.5) is 0 Å². The van der Waals surface area contributed by atoms with Gasteiger partial charge in [0.25, 0.3) is 0 Å². The van der Waals surface area contributed by atoms with Crippen molar-refractivity contribution in [2.45, 2.75) is 24.7 Å². The molecule has 10 aromatic rings. The molecule has 2 heteroatoms. The molecule has 0 amide bonds. The van der Waals surface area contributed by atoms with Crippen LogP contribution in [0.1, 0.15) is 47.2 Å². The van der Waals surface area contributed by atoms with Crippen molar-refractivity contribution in [3.63, 3.8) is 0 Å². The zero-order valence-electron chi connectivity index (χ0n) is 30.2. The number of benzene rings is 8. The van der Waals surface area contributed by atoms with E-state index in [4.69, 9.17) is 0 Å². The third kappa shape index (κ3) is 3.56. The summed E-state index contributed by atoms with van der Waals surface area (Å²) in [4.78, 5) is 0. The fraction of sp³-hybridized carbons (Fsp3) is 0.0769. The third-order valence-electron chi connectivity index (χ3n) is 12.8. The molecule has 54 heavy (non-hydrogen) atoms. The molecule has 254 valence electrons. The van der Waals surface area contributed by atoms with Crippen LogP contribution in [0.2, 0.25) is 0 Å². The van der Waals surface area contributed by atoms with E-state index in [9.17, 15) is 0 Å². The summed E-state index contributed by atoms with van der Waals surface area (Å²) >= 11 is 0. The van der Waals surface area contributed by atoms with Crippen molar-refractivity contribution in [2.75, 3.05) is 0 Å². The van der Waals surface area contributed by atoms with Crippen LogP contribution < -0.4 is 0 Å². The minimum Gasteiger partial charge on any atom is -0.309 e. The molecule has 0 fully saturated rings. The average molecular weight is 689 g/mol. The first-order valence-corrected chi connectivity index (χ1v) is 19.0. The summed E-state index contributed by atoms with van der Waals surface area (Å²) in [5, 5.41) is 5.16. The van der Waals surface area contributed by atoms with Crippen molar-refractivity contribution < 1.29 is 0 Å². The van der Waals surface area contributed by atoms with E-state index < -0.39 is 5.41 Å². The van der Waals surface area contributed by atoms with Crippen molar-refractivity contribution in [1.82, 2.24) is 9.13 Å². The summed E-state index contributed by atoms with van der Waals surface area (Å²) in [5.41, 5.74) is 17.4. The molecule has 2 aromatic heterocycles. The highest BCUT2D eigenvalue weighted by atomic mass is 15.0. The fourth-order valence-electron chi connectivity index (χ4n) is 10.7. The van der Waals surface area contributed by atoms with Gasteiger partial charge in [-0.2, -0.15) is 0 Å². The van der Waals surface area contributed by atoms with Crippen molar-refractivity contribution in [3.05, 3.63) is 215 Å². The second-order valence-electron chi connectivity index (χ2n) is 15.6. The van der Waals surface area contributed by atoms with Crippen molar-refractivity contribution in [1.29, 1.82) is 0 Å². The number of fused-ring (bicyclic) bond motifs is 14. The Hall–Kier alpha value is -6.64. The second-order valence-corrected chi connectivity index (χ2v) is 15.6. The van der Waals surface area contributed by atoms with E-state index in [0.717, 1.165) is 0 Å². The first-order valence-electron chi connectivity index (χ1n) is 19.0. The number of hydrogen-bond donors (Lipinski definition) is 0. The smallest absolute Gasteiger partial charge is 0.0748 e. The van der Waals surface area contributed by atoms with E-state index in [1.807, 2.05) is 0 Å². The third-order valence-corrected chi connectivity index (χ3v) is 12.8. The Kier molecular flexibility index (Phi) is 5.81. The van der Waals surface area contributed by atoms with Gasteiger partial charge in [-0.1, -0.05) is 159 Å². The number of nitrogens with zero attached hydrogens (tertiary/aromatic N) is 2. The number of para-hydroxylation sites is 5. The van der Waals surface area contributed by atoms with E-state index in [1.165, 1.54) is 99.5 Å². The topological polar surface area (TPSA) is 9.86 Å². The van der Waals surface area contributed by atoms with Crippen LogP contribution in [-0.2, 0) is 10.8 Å². The summed E-state index contributed by atoms with van der Waals surface area (Å²) in [7, 11) is 0. The Morgan fingerprint density at radius 2 is 0.870 bits per heavy atom. The maximum atomic E-state index is 2.53. The summed E-state index contributed by atoms with van der Waals surface area (Å²) in [6.45, 7) is 4.86. The highest BCUT2D eigenvalue weighted by Crippen LogP contribution is 2.61. The molecule has 3 heterocycles. The lowest BCUT2D eigenvalue weighted by molar-refractivity contribution is 0.558. The zero-order chi connectivity index (χ0) is 35.8. The number of aromatic nitrogens is 2. The van der Waals surface area contributed by atoms with Crippen molar-refractivity contribution in [3.8, 4) is 22.5 Å². The lowest BCUT2D eigenvalue weighted by atomic mass is 9.52. The van der Waals surface area contributed by atoms with E-state index in [0.29, 0.717) is 0 Å². The van der Waals surface area contributed by atoms with Gasteiger partial charge in [-0.25, -0.2) is 0 Å². The lowest BCUT2D eigenvalue weighted by Crippen LogP contribution is -2.44. The molecule has 2 nitrogen and oxygen atoms in total. The summed E-state index contributed by atoms with van der Waals surface area (Å²) in [5.74, 6) is 0. The largest absolute Gasteiger partial charge is 0.309 e. The standard InChI is InChI=1S/C52H36N2/c1-51(2)40-20-6-7-21-41(40)52(42-22-8-12-28-48(42)54-47-27-11-5-17-38(47)39-19-14-24-44(52)50(39)54)43-23-13-18-35(49(43)51)33-29-31-34(32-30-33)53-45-25-9-3-15-36(45)37-16-4-10-26-46(37)53/h3-32H,1-2H3. The molecule has 1 atom stereocenters. The molecule has 1 aliphatic carbocycles. The highest BCUT2D eigenvalue weighted by Gasteiger charge is 2.53. The Morgan fingerprint density at radius 1 is 0.370 bits per heavy atom. The van der Waals surface area contributed by atoms with Crippen LogP contribution in [0.25, 0.3) is 66.1 Å². The van der Waals surface area contributed by atoms with E-state index >= 15 is 0 Å². The maximum absolute atomic E-state index is 2.53. The minimum atomic E-state index is -0.513. The van der Waals surface area contributed by atoms with E-state index in [2.05, 4.69) is 205 Å². The molecule has 0 saturated heterocycles. The monoisotopic (exact) mass is 688 g/mol. The van der Waals surface area contributed by atoms with Crippen LogP contribution in [0.15, 0.2) is 182 Å². The summed E-state index contributed by atoms with van der Waals surface area (Å²) in [6.07, 6.45) is 0. The van der Waals surface area contributed by atoms with Crippen LogP contribution in [0.3, 0.4) is 0 Å². The van der Waals surface area contributed by atoms with Crippen LogP contribution in [-0.4, -0.2) is 9.13 Å². The molecular formula is C52H36N2. The quantitative estimate of drug-likeness (QED) is 0.171. The van der Waals surface area contributed by atoms with Gasteiger partial charge in [-0.3, -0.25) is 0 Å². The van der Waals surface area contributed by atoms with Gasteiger partial charge >= 0.3 is 0 Å². The zero-order valence-corrected chi connectivity index (χ0v) is 30.2. The summed E-state index contributed by atoms with van der Waals surface area (Å²) < 4.78 is 4.93. The molecule has 12 rings (SSSR count). The van der Waals surface area contributed by atoms with Gasteiger partial charge in [-0.05, 0) is 80.9 Å². The van der Waals surface area contributed by atoms with Gasteiger partial charge < -0.3 is 9.13 Å². The molecular weight excluding hydrogens is 653 g/mol. The van der Waals surface area contributed by atoms with Crippen LogP contribution in [0, 0.1) is 0 Å². The minimum absolute atomic E-state index is 0.258. The normalized spacial score (nSPS) is 16.6. The van der Waals surface area contributed by atoms with Gasteiger partial charge in [0, 0.05) is 32.6 Å². The van der Waals surface area contributed by atoms with E-state index in [1.54, 1.807) is 0 Å². The molecule has 2 aliphatic rings. The molecule has 1 aliphatic heterocycles. The van der Waals surface area contributed by atoms with Gasteiger partial charge in [0.1, 0.15) is 0 Å². The predicted molar refractivity (Wildman–Crippen MR) is 225 cm³/mol. The molecule has 0 saturated carbocycles. The van der Waals surface area contributed by atoms with Gasteiger partial charge in [-0.15, -0.1) is 0 Å². The van der Waals surface area contributed by atoms with Gasteiger partial charge in [0.15, 0.2) is 0 Å². The molecule has 8 aromatic carbocycles. The van der Waals surface area contributed by atoms with Gasteiger partial charge in [0.2, 0.25) is 0 Å². The average Bonchev–Trinajstić information content (AvgIpc) is 3.75. The first-order chi connectivity index (χ1) is 26.6. The molecule has 0 bridgehead atoms. The van der Waals surface area contributed by atoms with Crippen molar-refractivity contribution in [2.24, 2.45) is 0 Å². The number of rotatable bonds is 2. The highest BCUT2D eigenvalue weighted by molar-refractivity contribution is 6.12. The SMILES string of the molecule is CC1(C)c2ccccc2C2(c3ccccc3-n3c4ccccc4c4cccc2c43)c2cccc(-c3ccc(-n4c5ccccc5c5ccccc54)cc3)c21. The Bertz CT molecular complexity index is 3140. The molecule has 1 spiro atoms. The first kappa shape index (κ1) is 29.9. The Labute approximate surface area is 314 Å². The van der Waals surface area contributed by atoms with Crippen molar-refractivity contribution >= 4 is 43.6 Å². The Morgan fingerprint density at radius 3 is 1.57 bits per heavy atom. The molecule has 0 N–H and O–H groups in total. The second kappa shape index (κ2) is 10.5. The summed E-state index contributed by atoms with van der Waals surface area (Å²) in [6, 6.07) is 68.2. The van der Waals surface area contributed by atoms with Gasteiger partial charge in [0.05, 0.1) is 33.2 Å². The van der Waals surface area contributed by atoms with E-state index in [-0.39, 0.29) is 5.41 Å². The van der Waals surface area contributed by atoms with Crippen LogP contribution in [0.5, 0.6) is 0 Å². The maximum Gasteiger partial charge on any atom is 0.0748 e. The number of hydrogen-bond acceptors (Lipinski definition) is 0. The lowest BCUT2D eigenvalue weighted by Gasteiger charge is -2.50.